The van der Waals surface area contributed by atoms with Gasteiger partial charge in [0.1, 0.15) is 0 Å². The van der Waals surface area contributed by atoms with E-state index in [-0.39, 0.29) is 11.0 Å². The first-order valence-electron chi connectivity index (χ1n) is 10.2. The summed E-state index contributed by atoms with van der Waals surface area (Å²) < 4.78 is 11.4. The summed E-state index contributed by atoms with van der Waals surface area (Å²) in [5, 5.41) is 9.66. The molecule has 5 rings (SSSR count). The van der Waals surface area contributed by atoms with Crippen molar-refractivity contribution >= 4 is 5.97 Å². The van der Waals surface area contributed by atoms with Crippen molar-refractivity contribution in [2.75, 3.05) is 13.2 Å². The molecule has 4 nitrogen and oxygen atoms in total. The molecule has 4 saturated carbocycles. The topological polar surface area (TPSA) is 55.8 Å². The molecule has 1 saturated heterocycles. The molecule has 0 spiro atoms. The van der Waals surface area contributed by atoms with Gasteiger partial charge >= 0.3 is 5.97 Å². The van der Waals surface area contributed by atoms with E-state index in [1.807, 2.05) is 0 Å². The molecular formula is C21H32O4. The smallest absolute Gasteiger partial charge is 0.334 e. The summed E-state index contributed by atoms with van der Waals surface area (Å²) in [4.78, 5) is 11.8. The van der Waals surface area contributed by atoms with E-state index in [0.29, 0.717) is 18.6 Å². The second kappa shape index (κ2) is 6.61. The molecule has 1 N–H and O–H groups in total. The van der Waals surface area contributed by atoms with Gasteiger partial charge in [-0.3, -0.25) is 0 Å². The molecule has 4 bridgehead atoms. The van der Waals surface area contributed by atoms with E-state index in [1.165, 1.54) is 38.5 Å². The summed E-state index contributed by atoms with van der Waals surface area (Å²) in [6, 6.07) is 0. The maximum Gasteiger partial charge on any atom is 0.334 e. The van der Waals surface area contributed by atoms with Crippen LogP contribution in [0.25, 0.3) is 0 Å². The van der Waals surface area contributed by atoms with Crippen LogP contribution in [0.5, 0.6) is 0 Å². The molecule has 25 heavy (non-hydrogen) atoms. The van der Waals surface area contributed by atoms with Gasteiger partial charge in [0, 0.05) is 6.42 Å². The van der Waals surface area contributed by atoms with E-state index in [1.54, 1.807) is 6.26 Å². The normalized spacial score (nSPS) is 42.3. The third kappa shape index (κ3) is 3.47. The van der Waals surface area contributed by atoms with Crippen LogP contribution >= 0.6 is 0 Å². The van der Waals surface area contributed by atoms with Gasteiger partial charge in [0.25, 0.3) is 0 Å². The van der Waals surface area contributed by atoms with E-state index in [4.69, 9.17) is 9.47 Å². The van der Waals surface area contributed by atoms with Crippen LogP contribution < -0.4 is 0 Å². The number of hydrogen-bond donors (Lipinski definition) is 1. The molecule has 140 valence electrons. The van der Waals surface area contributed by atoms with Crippen LogP contribution in [0, 0.1) is 23.2 Å². The fourth-order valence-electron chi connectivity index (χ4n) is 6.53. The zero-order chi connectivity index (χ0) is 17.5. The van der Waals surface area contributed by atoms with Crippen LogP contribution in [0.1, 0.15) is 71.1 Å². The number of ether oxygens (including phenoxy) is 2. The third-order valence-corrected chi connectivity index (χ3v) is 7.52. The second-order valence-corrected chi connectivity index (χ2v) is 9.30. The predicted molar refractivity (Wildman–Crippen MR) is 95.1 cm³/mol. The zero-order valence-corrected chi connectivity index (χ0v) is 15.5. The van der Waals surface area contributed by atoms with Gasteiger partial charge in [-0.2, -0.15) is 0 Å². The highest BCUT2D eigenvalue weighted by molar-refractivity contribution is 5.86. The minimum Gasteiger partial charge on any atom is -0.501 e. The van der Waals surface area contributed by atoms with Crippen molar-refractivity contribution in [3.05, 3.63) is 11.8 Å². The van der Waals surface area contributed by atoms with Crippen molar-refractivity contribution in [1.29, 1.82) is 0 Å². The third-order valence-electron chi connectivity index (χ3n) is 7.52. The Morgan fingerprint density at radius 1 is 1.20 bits per heavy atom. The lowest BCUT2D eigenvalue weighted by atomic mass is 9.48. The Morgan fingerprint density at radius 3 is 2.24 bits per heavy atom. The van der Waals surface area contributed by atoms with E-state index in [2.05, 4.69) is 6.92 Å². The van der Waals surface area contributed by atoms with Crippen molar-refractivity contribution in [1.82, 2.24) is 0 Å². The lowest BCUT2D eigenvalue weighted by Gasteiger charge is -2.57. The number of carbonyl (C=O) groups is 1. The minimum absolute atomic E-state index is 0.0167. The zero-order valence-electron chi connectivity index (χ0n) is 15.5. The molecule has 5 aliphatic rings. The van der Waals surface area contributed by atoms with E-state index in [0.717, 1.165) is 43.6 Å². The molecule has 1 aliphatic heterocycles. The molecule has 0 radical (unpaired) electrons. The number of aliphatic carboxylic acids is 1. The summed E-state index contributed by atoms with van der Waals surface area (Å²) in [5.41, 5.74) is 0.698. The van der Waals surface area contributed by atoms with Crippen LogP contribution in [-0.4, -0.2) is 29.9 Å². The van der Waals surface area contributed by atoms with Gasteiger partial charge in [0.2, 0.25) is 0 Å². The molecule has 0 amide bonds. The Hall–Kier alpha value is -1.03. The summed E-state index contributed by atoms with van der Waals surface area (Å²) >= 11 is 0. The Labute approximate surface area is 151 Å². The minimum atomic E-state index is -0.805. The molecule has 0 aromatic carbocycles. The van der Waals surface area contributed by atoms with Crippen LogP contribution in [0.3, 0.4) is 0 Å². The van der Waals surface area contributed by atoms with Crippen LogP contribution in [-0.2, 0) is 14.3 Å². The Kier molecular flexibility index (Phi) is 4.59. The summed E-state index contributed by atoms with van der Waals surface area (Å²) in [6.45, 7) is 3.53. The van der Waals surface area contributed by atoms with E-state index >= 15 is 0 Å². The first-order valence-corrected chi connectivity index (χ1v) is 10.2. The molecule has 4 aliphatic carbocycles. The summed E-state index contributed by atoms with van der Waals surface area (Å²) in [6.07, 6.45) is 13.1. The quantitative estimate of drug-likeness (QED) is 0.397. The van der Waals surface area contributed by atoms with Crippen molar-refractivity contribution in [3.8, 4) is 0 Å². The van der Waals surface area contributed by atoms with Gasteiger partial charge in [-0.15, -0.1) is 0 Å². The number of rotatable bonds is 8. The Balaban J connectivity index is 1.36. The summed E-state index contributed by atoms with van der Waals surface area (Å²) in [5.74, 6) is 1.74. The molecule has 1 heterocycles. The standard InChI is InChI=1S/C21H32O4/c1-2-21(4-6-25-21)3-5-24-14-18(19(22)23)13-20-10-15-7-16(11-20)9-17(8-15)12-20/h14-17H,2-13H2,1H3,(H,22,23). The molecule has 4 heteroatoms. The average Bonchev–Trinajstić information content (AvgIpc) is 2.50. The van der Waals surface area contributed by atoms with Crippen molar-refractivity contribution < 1.29 is 19.4 Å². The Bertz CT molecular complexity index is 505. The number of carboxylic acids is 1. The van der Waals surface area contributed by atoms with Gasteiger partial charge in [0.05, 0.1) is 30.6 Å². The molecular weight excluding hydrogens is 316 g/mol. The van der Waals surface area contributed by atoms with Gasteiger partial charge in [-0.05, 0) is 81.0 Å². The van der Waals surface area contributed by atoms with Gasteiger partial charge in [-0.1, -0.05) is 6.92 Å². The van der Waals surface area contributed by atoms with Crippen LogP contribution in [0.2, 0.25) is 0 Å². The van der Waals surface area contributed by atoms with Gasteiger partial charge < -0.3 is 14.6 Å². The highest BCUT2D eigenvalue weighted by Crippen LogP contribution is 2.62. The lowest BCUT2D eigenvalue weighted by Crippen LogP contribution is -2.46. The summed E-state index contributed by atoms with van der Waals surface area (Å²) in [7, 11) is 0. The van der Waals surface area contributed by atoms with Gasteiger partial charge in [-0.25, -0.2) is 4.79 Å². The van der Waals surface area contributed by atoms with Crippen molar-refractivity contribution in [2.24, 2.45) is 23.2 Å². The number of carboxylic acid groups (broad SMARTS) is 1. The van der Waals surface area contributed by atoms with Crippen molar-refractivity contribution in [2.45, 2.75) is 76.7 Å². The molecule has 0 aromatic heterocycles. The van der Waals surface area contributed by atoms with Crippen molar-refractivity contribution in [3.63, 3.8) is 0 Å². The lowest BCUT2D eigenvalue weighted by molar-refractivity contribution is -0.158. The molecule has 0 aromatic rings. The maximum atomic E-state index is 11.8. The molecule has 1 atom stereocenters. The van der Waals surface area contributed by atoms with Crippen LogP contribution in [0.4, 0.5) is 0 Å². The number of hydrogen-bond acceptors (Lipinski definition) is 3. The maximum absolute atomic E-state index is 11.8. The van der Waals surface area contributed by atoms with Gasteiger partial charge in [0.15, 0.2) is 0 Å². The predicted octanol–water partition coefficient (Wildman–Crippen LogP) is 4.54. The molecule has 5 fully saturated rings. The SMILES string of the molecule is CCC1(CCOC=C(CC23CC4CC(CC(C4)C2)C3)C(=O)O)CCO1. The largest absolute Gasteiger partial charge is 0.501 e. The first-order chi connectivity index (χ1) is 12.0. The highest BCUT2D eigenvalue weighted by Gasteiger charge is 2.51. The fraction of sp³-hybridized carbons (Fsp3) is 0.857. The molecule has 1 unspecified atom stereocenters. The highest BCUT2D eigenvalue weighted by atomic mass is 16.5. The van der Waals surface area contributed by atoms with Crippen LogP contribution in [0.15, 0.2) is 11.8 Å². The Morgan fingerprint density at radius 2 is 1.80 bits per heavy atom. The van der Waals surface area contributed by atoms with E-state index < -0.39 is 5.97 Å². The first kappa shape index (κ1) is 17.4. The second-order valence-electron chi connectivity index (χ2n) is 9.30. The average molecular weight is 348 g/mol. The fourth-order valence-corrected chi connectivity index (χ4v) is 6.53. The van der Waals surface area contributed by atoms with E-state index in [9.17, 15) is 9.90 Å². The monoisotopic (exact) mass is 348 g/mol.